The summed E-state index contributed by atoms with van der Waals surface area (Å²) in [6.07, 6.45) is 2.49. The summed E-state index contributed by atoms with van der Waals surface area (Å²) in [6, 6.07) is 9.94. The van der Waals surface area contributed by atoms with Gasteiger partial charge in [0, 0.05) is 6.54 Å². The molecule has 0 radical (unpaired) electrons. The van der Waals surface area contributed by atoms with Crippen molar-refractivity contribution in [2.45, 2.75) is 25.7 Å². The fraction of sp³-hybridized carbons (Fsp3) is 0.600. The Morgan fingerprint density at radius 1 is 1.09 bits per heavy atom. The van der Waals surface area contributed by atoms with E-state index in [0.717, 1.165) is 12.8 Å². The molecule has 1 aromatic rings. The topological polar surface area (TPSA) is 80.3 Å². The second kappa shape index (κ2) is 7.57. The minimum Gasteiger partial charge on any atom is -0.229 e. The molecular weight excluding hydrogens is 322 g/mol. The van der Waals surface area contributed by atoms with Gasteiger partial charge in [0.2, 0.25) is 10.0 Å². The van der Waals surface area contributed by atoms with Gasteiger partial charge in [-0.25, -0.2) is 21.6 Å². The summed E-state index contributed by atoms with van der Waals surface area (Å²) in [4.78, 5) is 0. The molecule has 5 nitrogen and oxygen atoms in total. The Balaban J connectivity index is 1.70. The Labute approximate surface area is 133 Å². The summed E-state index contributed by atoms with van der Waals surface area (Å²) in [5, 5.41) is 0. The maximum Gasteiger partial charge on any atom is 0.211 e. The van der Waals surface area contributed by atoms with Crippen molar-refractivity contribution in [3.05, 3.63) is 35.9 Å². The van der Waals surface area contributed by atoms with Crippen LogP contribution in [0.2, 0.25) is 0 Å². The van der Waals surface area contributed by atoms with Crippen LogP contribution < -0.4 is 4.72 Å². The third-order valence-corrected chi connectivity index (χ3v) is 7.21. The van der Waals surface area contributed by atoms with E-state index in [4.69, 9.17) is 0 Å². The normalized spacial score (nSPS) is 19.1. The van der Waals surface area contributed by atoms with Gasteiger partial charge in [-0.1, -0.05) is 30.3 Å². The zero-order chi connectivity index (χ0) is 16.1. The Hall–Kier alpha value is -0.920. The van der Waals surface area contributed by atoms with Gasteiger partial charge in [-0.05, 0) is 37.2 Å². The molecule has 22 heavy (non-hydrogen) atoms. The second-order valence-electron chi connectivity index (χ2n) is 5.86. The van der Waals surface area contributed by atoms with Gasteiger partial charge in [-0.3, -0.25) is 0 Å². The van der Waals surface area contributed by atoms with Gasteiger partial charge in [-0.15, -0.1) is 0 Å². The van der Waals surface area contributed by atoms with Crippen molar-refractivity contribution in [1.29, 1.82) is 0 Å². The predicted octanol–water partition coefficient (Wildman–Crippen LogP) is 1.36. The van der Waals surface area contributed by atoms with Crippen LogP contribution in [0.5, 0.6) is 0 Å². The Bertz CT molecular complexity index is 655. The highest BCUT2D eigenvalue weighted by molar-refractivity contribution is 7.91. The van der Waals surface area contributed by atoms with E-state index in [2.05, 4.69) is 4.72 Å². The van der Waals surface area contributed by atoms with Gasteiger partial charge in [0.15, 0.2) is 0 Å². The van der Waals surface area contributed by atoms with E-state index in [1.165, 1.54) is 5.56 Å². The minimum absolute atomic E-state index is 0.0356. The molecule has 0 atom stereocenters. The summed E-state index contributed by atoms with van der Waals surface area (Å²) in [6.45, 7) is 0.419. The van der Waals surface area contributed by atoms with Crippen LogP contribution in [0.1, 0.15) is 24.8 Å². The van der Waals surface area contributed by atoms with E-state index in [0.29, 0.717) is 19.4 Å². The molecule has 0 saturated carbocycles. The van der Waals surface area contributed by atoms with Crippen molar-refractivity contribution in [2.75, 3.05) is 23.8 Å². The standard InChI is InChI=1S/C15H23NO4S2/c17-21(18)11-8-15(9-12-21)13-22(19,20)16-10-4-7-14-5-2-1-3-6-14/h1-3,5-6,15-16H,4,7-13H2. The number of hydrogen-bond acceptors (Lipinski definition) is 4. The lowest BCUT2D eigenvalue weighted by molar-refractivity contribution is 0.488. The fourth-order valence-corrected chi connectivity index (χ4v) is 5.76. The first-order valence-electron chi connectivity index (χ1n) is 7.58. The van der Waals surface area contributed by atoms with Crippen LogP contribution >= 0.6 is 0 Å². The molecule has 0 aromatic heterocycles. The number of benzene rings is 1. The molecule has 0 aliphatic carbocycles. The molecular formula is C15H23NO4S2. The van der Waals surface area contributed by atoms with E-state index in [9.17, 15) is 16.8 Å². The molecule has 0 amide bonds. The van der Waals surface area contributed by atoms with E-state index < -0.39 is 19.9 Å². The highest BCUT2D eigenvalue weighted by Crippen LogP contribution is 2.20. The van der Waals surface area contributed by atoms with Crippen LogP contribution in [-0.2, 0) is 26.3 Å². The molecule has 0 spiro atoms. The summed E-state index contributed by atoms with van der Waals surface area (Å²) < 4.78 is 49.3. The highest BCUT2D eigenvalue weighted by atomic mass is 32.2. The Kier molecular flexibility index (Phi) is 6.00. The Morgan fingerprint density at radius 2 is 1.73 bits per heavy atom. The van der Waals surface area contributed by atoms with Gasteiger partial charge in [-0.2, -0.15) is 0 Å². The lowest BCUT2D eigenvalue weighted by Crippen LogP contribution is -2.34. The predicted molar refractivity (Wildman–Crippen MR) is 87.9 cm³/mol. The summed E-state index contributed by atoms with van der Waals surface area (Å²) in [7, 11) is -6.26. The molecule has 1 aliphatic heterocycles. The van der Waals surface area contributed by atoms with Crippen molar-refractivity contribution < 1.29 is 16.8 Å². The first kappa shape index (κ1) is 17.4. The SMILES string of the molecule is O=S1(=O)CCC(CS(=O)(=O)NCCCc2ccccc2)CC1. The second-order valence-corrected chi connectivity index (χ2v) is 10.0. The Morgan fingerprint density at radius 3 is 2.36 bits per heavy atom. The quantitative estimate of drug-likeness (QED) is 0.757. The van der Waals surface area contributed by atoms with Crippen molar-refractivity contribution in [3.8, 4) is 0 Å². The molecule has 0 unspecified atom stereocenters. The van der Waals surface area contributed by atoms with E-state index in [1.807, 2.05) is 30.3 Å². The molecule has 7 heteroatoms. The van der Waals surface area contributed by atoms with E-state index in [1.54, 1.807) is 0 Å². The van der Waals surface area contributed by atoms with Gasteiger partial charge < -0.3 is 0 Å². The average Bonchev–Trinajstić information content (AvgIpc) is 2.47. The third kappa shape index (κ3) is 6.06. The number of aryl methyl sites for hydroxylation is 1. The van der Waals surface area contributed by atoms with Crippen LogP contribution in [0.15, 0.2) is 30.3 Å². The first-order chi connectivity index (χ1) is 10.4. The molecule has 124 valence electrons. The maximum absolute atomic E-state index is 12.0. The summed E-state index contributed by atoms with van der Waals surface area (Å²) in [5.74, 6) is 0.214. The summed E-state index contributed by atoms with van der Waals surface area (Å²) >= 11 is 0. The molecule has 1 heterocycles. The van der Waals surface area contributed by atoms with Crippen LogP contribution in [0.25, 0.3) is 0 Å². The molecule has 1 fully saturated rings. The van der Waals surface area contributed by atoms with E-state index >= 15 is 0 Å². The van der Waals surface area contributed by atoms with Gasteiger partial charge >= 0.3 is 0 Å². The zero-order valence-electron chi connectivity index (χ0n) is 12.6. The molecule has 0 bridgehead atoms. The van der Waals surface area contributed by atoms with Crippen LogP contribution in [0.3, 0.4) is 0 Å². The number of sulfonamides is 1. The molecule has 1 saturated heterocycles. The van der Waals surface area contributed by atoms with Crippen LogP contribution in [-0.4, -0.2) is 40.6 Å². The maximum atomic E-state index is 12.0. The van der Waals surface area contributed by atoms with E-state index in [-0.39, 0.29) is 23.2 Å². The van der Waals surface area contributed by atoms with Gasteiger partial charge in [0.05, 0.1) is 17.3 Å². The van der Waals surface area contributed by atoms with Crippen molar-refractivity contribution >= 4 is 19.9 Å². The van der Waals surface area contributed by atoms with Crippen molar-refractivity contribution in [3.63, 3.8) is 0 Å². The number of hydrogen-bond donors (Lipinski definition) is 1. The number of rotatable bonds is 7. The monoisotopic (exact) mass is 345 g/mol. The molecule has 1 aliphatic rings. The van der Waals surface area contributed by atoms with Crippen LogP contribution in [0, 0.1) is 5.92 Å². The van der Waals surface area contributed by atoms with Crippen LogP contribution in [0.4, 0.5) is 0 Å². The smallest absolute Gasteiger partial charge is 0.211 e. The third-order valence-electron chi connectivity index (χ3n) is 3.94. The molecule has 1 aromatic carbocycles. The highest BCUT2D eigenvalue weighted by Gasteiger charge is 2.27. The summed E-state index contributed by atoms with van der Waals surface area (Å²) in [5.41, 5.74) is 1.19. The van der Waals surface area contributed by atoms with Crippen molar-refractivity contribution in [1.82, 2.24) is 4.72 Å². The first-order valence-corrected chi connectivity index (χ1v) is 11.1. The number of nitrogens with one attached hydrogen (secondary N) is 1. The lowest BCUT2D eigenvalue weighted by Gasteiger charge is -2.21. The fourth-order valence-electron chi connectivity index (χ4n) is 2.64. The number of sulfone groups is 1. The molecule has 1 N–H and O–H groups in total. The minimum atomic E-state index is -3.32. The zero-order valence-corrected chi connectivity index (χ0v) is 14.2. The molecule has 2 rings (SSSR count). The van der Waals surface area contributed by atoms with Gasteiger partial charge in [0.25, 0.3) is 0 Å². The van der Waals surface area contributed by atoms with Gasteiger partial charge in [0.1, 0.15) is 9.84 Å². The largest absolute Gasteiger partial charge is 0.229 e. The lowest BCUT2D eigenvalue weighted by atomic mass is 10.1. The average molecular weight is 345 g/mol. The van der Waals surface area contributed by atoms with Crippen molar-refractivity contribution in [2.24, 2.45) is 5.92 Å².